The minimum Gasteiger partial charge on any atom is -0.480 e. The average molecular weight is 214 g/mol. The highest BCUT2D eigenvalue weighted by molar-refractivity contribution is 5.77. The largest absolute Gasteiger partial charge is 0.480 e. The summed E-state index contributed by atoms with van der Waals surface area (Å²) < 4.78 is 0. The third-order valence-corrected chi connectivity index (χ3v) is 2.75. The summed E-state index contributed by atoms with van der Waals surface area (Å²) in [7, 11) is 0. The Balaban J connectivity index is 2.15. The van der Waals surface area contributed by atoms with Gasteiger partial charge < -0.3 is 5.11 Å². The van der Waals surface area contributed by atoms with Gasteiger partial charge in [-0.2, -0.15) is 0 Å². The van der Waals surface area contributed by atoms with Crippen LogP contribution in [0.3, 0.4) is 0 Å². The van der Waals surface area contributed by atoms with E-state index in [1.54, 1.807) is 0 Å². The molecule has 0 aromatic rings. The van der Waals surface area contributed by atoms with E-state index in [-0.39, 0.29) is 5.91 Å². The number of nitrogens with one attached hydrogen (secondary N) is 2. The molecule has 0 aromatic heterocycles. The van der Waals surface area contributed by atoms with Crippen LogP contribution in [0.4, 0.5) is 0 Å². The number of carboxylic acid groups (broad SMARTS) is 1. The van der Waals surface area contributed by atoms with Crippen LogP contribution in [0.2, 0.25) is 0 Å². The van der Waals surface area contributed by atoms with E-state index >= 15 is 0 Å². The molecular formula is C10H18N2O3. The van der Waals surface area contributed by atoms with E-state index in [0.717, 1.165) is 12.8 Å². The lowest BCUT2D eigenvalue weighted by molar-refractivity contribution is -0.139. The van der Waals surface area contributed by atoms with Crippen LogP contribution in [0, 0.1) is 5.92 Å². The molecule has 1 atom stereocenters. The highest BCUT2D eigenvalue weighted by atomic mass is 16.4. The Bertz CT molecular complexity index is 237. The molecule has 0 aromatic carbocycles. The smallest absolute Gasteiger partial charge is 0.322 e. The first-order chi connectivity index (χ1) is 7.09. The molecule has 5 nitrogen and oxygen atoms in total. The maximum Gasteiger partial charge on any atom is 0.322 e. The van der Waals surface area contributed by atoms with Crippen molar-refractivity contribution in [2.45, 2.75) is 45.1 Å². The number of carboxylic acids is 1. The number of hydrogen-bond donors (Lipinski definition) is 3. The number of hydrazine groups is 1. The van der Waals surface area contributed by atoms with Gasteiger partial charge in [0.15, 0.2) is 0 Å². The van der Waals surface area contributed by atoms with Crippen LogP contribution in [0.25, 0.3) is 0 Å². The van der Waals surface area contributed by atoms with Gasteiger partial charge in [0.25, 0.3) is 0 Å². The van der Waals surface area contributed by atoms with Crippen LogP contribution >= 0.6 is 0 Å². The molecule has 1 rings (SSSR count). The van der Waals surface area contributed by atoms with E-state index in [1.807, 2.05) is 0 Å². The lowest BCUT2D eigenvalue weighted by Crippen LogP contribution is -2.46. The molecule has 0 bridgehead atoms. The van der Waals surface area contributed by atoms with E-state index < -0.39 is 12.0 Å². The first kappa shape index (κ1) is 12.0. The molecule has 1 saturated carbocycles. The molecule has 15 heavy (non-hydrogen) atoms. The summed E-state index contributed by atoms with van der Waals surface area (Å²) in [5, 5.41) is 8.57. The van der Waals surface area contributed by atoms with E-state index in [0.29, 0.717) is 12.3 Å². The molecule has 1 fully saturated rings. The van der Waals surface area contributed by atoms with E-state index in [9.17, 15) is 9.59 Å². The number of carbonyl (C=O) groups is 2. The highest BCUT2D eigenvalue weighted by Crippen LogP contribution is 2.27. The second kappa shape index (κ2) is 5.70. The zero-order chi connectivity index (χ0) is 11.3. The van der Waals surface area contributed by atoms with Crippen LogP contribution in [0.15, 0.2) is 0 Å². The second-order valence-corrected chi connectivity index (χ2v) is 4.11. The molecule has 1 aliphatic carbocycles. The van der Waals surface area contributed by atoms with Gasteiger partial charge >= 0.3 is 5.97 Å². The van der Waals surface area contributed by atoms with Gasteiger partial charge in [-0.25, -0.2) is 5.43 Å². The molecule has 0 aliphatic heterocycles. The van der Waals surface area contributed by atoms with Crippen molar-refractivity contribution < 1.29 is 14.7 Å². The summed E-state index contributed by atoms with van der Waals surface area (Å²) in [5.41, 5.74) is 4.88. The van der Waals surface area contributed by atoms with Crippen molar-refractivity contribution in [3.05, 3.63) is 0 Å². The third kappa shape index (κ3) is 4.29. The average Bonchev–Trinajstić information content (AvgIpc) is 2.66. The van der Waals surface area contributed by atoms with Crippen LogP contribution in [-0.2, 0) is 9.59 Å². The van der Waals surface area contributed by atoms with E-state index in [1.165, 1.54) is 19.8 Å². The van der Waals surface area contributed by atoms with Gasteiger partial charge in [-0.15, -0.1) is 0 Å². The summed E-state index contributed by atoms with van der Waals surface area (Å²) in [4.78, 5) is 21.8. The van der Waals surface area contributed by atoms with E-state index in [2.05, 4.69) is 10.9 Å². The number of aliphatic carboxylic acids is 1. The highest BCUT2D eigenvalue weighted by Gasteiger charge is 2.19. The topological polar surface area (TPSA) is 78.4 Å². The monoisotopic (exact) mass is 214 g/mol. The lowest BCUT2D eigenvalue weighted by atomic mass is 10.0. The lowest BCUT2D eigenvalue weighted by Gasteiger charge is -2.12. The molecule has 3 N–H and O–H groups in total. The maximum absolute atomic E-state index is 11.4. The third-order valence-electron chi connectivity index (χ3n) is 2.75. The number of amides is 1. The van der Waals surface area contributed by atoms with Crippen molar-refractivity contribution >= 4 is 11.9 Å². The van der Waals surface area contributed by atoms with Crippen molar-refractivity contribution in [2.24, 2.45) is 5.92 Å². The zero-order valence-electron chi connectivity index (χ0n) is 8.95. The zero-order valence-corrected chi connectivity index (χ0v) is 8.95. The quantitative estimate of drug-likeness (QED) is 0.587. The molecule has 5 heteroatoms. The van der Waals surface area contributed by atoms with Gasteiger partial charge in [0, 0.05) is 6.42 Å². The second-order valence-electron chi connectivity index (χ2n) is 4.11. The maximum atomic E-state index is 11.4. The SMILES string of the molecule is C[C@H](NNC(=O)CC1CCCC1)C(=O)O. The van der Waals surface area contributed by atoms with E-state index in [4.69, 9.17) is 5.11 Å². The first-order valence-electron chi connectivity index (χ1n) is 5.36. The number of carbonyl (C=O) groups excluding carboxylic acids is 1. The number of rotatable bonds is 5. The van der Waals surface area contributed by atoms with Crippen LogP contribution < -0.4 is 10.9 Å². The van der Waals surface area contributed by atoms with Gasteiger partial charge in [-0.1, -0.05) is 12.8 Å². The normalized spacial score (nSPS) is 18.7. The van der Waals surface area contributed by atoms with Gasteiger partial charge in [0.2, 0.25) is 5.91 Å². The molecule has 86 valence electrons. The van der Waals surface area contributed by atoms with Crippen molar-refractivity contribution in [1.29, 1.82) is 0 Å². The molecule has 1 aliphatic rings. The minimum atomic E-state index is -0.976. The summed E-state index contributed by atoms with van der Waals surface area (Å²) in [6.07, 6.45) is 5.14. The van der Waals surface area contributed by atoms with Crippen molar-refractivity contribution in [1.82, 2.24) is 10.9 Å². The fraction of sp³-hybridized carbons (Fsp3) is 0.800. The molecule has 1 amide bonds. The summed E-state index contributed by atoms with van der Waals surface area (Å²) in [5.74, 6) is -0.613. The van der Waals surface area contributed by atoms with Crippen molar-refractivity contribution in [2.75, 3.05) is 0 Å². The molecule has 0 saturated heterocycles. The van der Waals surface area contributed by atoms with Crippen molar-refractivity contribution in [3.8, 4) is 0 Å². The standard InChI is InChI=1S/C10H18N2O3/c1-7(10(14)15)11-12-9(13)6-8-4-2-3-5-8/h7-8,11H,2-6H2,1H3,(H,12,13)(H,14,15)/t7-/m0/s1. The molecule has 0 radical (unpaired) electrons. The summed E-state index contributed by atoms with van der Waals surface area (Å²) >= 11 is 0. The van der Waals surface area contributed by atoms with Crippen LogP contribution in [-0.4, -0.2) is 23.0 Å². The first-order valence-corrected chi connectivity index (χ1v) is 5.36. The molecule has 0 spiro atoms. The number of hydrogen-bond acceptors (Lipinski definition) is 3. The van der Waals surface area contributed by atoms with Gasteiger partial charge in [0.1, 0.15) is 6.04 Å². The Morgan fingerprint density at radius 2 is 2.00 bits per heavy atom. The Kier molecular flexibility index (Phi) is 4.55. The van der Waals surface area contributed by atoms with Crippen LogP contribution in [0.1, 0.15) is 39.0 Å². The predicted octanol–water partition coefficient (Wildman–Crippen LogP) is 0.661. The molecule has 0 unspecified atom stereocenters. The summed E-state index contributed by atoms with van der Waals surface area (Å²) in [6.45, 7) is 1.48. The Morgan fingerprint density at radius 1 is 1.40 bits per heavy atom. The van der Waals surface area contributed by atoms with Gasteiger partial charge in [0.05, 0.1) is 0 Å². The van der Waals surface area contributed by atoms with Crippen molar-refractivity contribution in [3.63, 3.8) is 0 Å². The predicted molar refractivity (Wildman–Crippen MR) is 55.0 cm³/mol. The fourth-order valence-corrected chi connectivity index (χ4v) is 1.78. The summed E-state index contributed by atoms with van der Waals surface area (Å²) in [6, 6.07) is -0.752. The molecular weight excluding hydrogens is 196 g/mol. The minimum absolute atomic E-state index is 0.116. The fourth-order valence-electron chi connectivity index (χ4n) is 1.78. The van der Waals surface area contributed by atoms with Gasteiger partial charge in [-0.3, -0.25) is 15.0 Å². The Hall–Kier alpha value is -1.10. The molecule has 0 heterocycles. The Morgan fingerprint density at radius 3 is 2.53 bits per heavy atom. The van der Waals surface area contributed by atoms with Gasteiger partial charge in [-0.05, 0) is 25.7 Å². The van der Waals surface area contributed by atoms with Crippen LogP contribution in [0.5, 0.6) is 0 Å². The Labute approximate surface area is 89.2 Å².